The number of H-pyrrole nitrogens is 1. The van der Waals surface area contributed by atoms with Crippen LogP contribution in [0.15, 0.2) is 4.79 Å². The van der Waals surface area contributed by atoms with Gasteiger partial charge in [-0.05, 0) is 19.4 Å². The molecule has 0 aliphatic rings. The molecule has 2 rings (SSSR count). The second-order valence-corrected chi connectivity index (χ2v) is 3.81. The molecule has 2 aromatic rings. The molecule has 0 radical (unpaired) electrons. The SMILES string of the molecule is Cc1sc2nn[nH]c(=O)c2c1C. The number of fused-ring (bicyclic) bond motifs is 1. The normalized spacial score (nSPS) is 10.8. The van der Waals surface area contributed by atoms with Gasteiger partial charge in [0.25, 0.3) is 5.56 Å². The molecule has 0 amide bonds. The summed E-state index contributed by atoms with van der Waals surface area (Å²) < 4.78 is 0. The third-order valence-corrected chi connectivity index (χ3v) is 2.98. The highest BCUT2D eigenvalue weighted by Gasteiger charge is 2.08. The van der Waals surface area contributed by atoms with Crippen LogP contribution in [0.1, 0.15) is 10.4 Å². The molecule has 2 aromatic heterocycles. The number of nitrogens with one attached hydrogen (secondary N) is 1. The van der Waals surface area contributed by atoms with E-state index in [0.29, 0.717) is 10.2 Å². The standard InChI is InChI=1S/C7H7N3OS/c1-3-4(2)12-7-5(3)6(11)8-10-9-7/h1-2H3,(H,8,9,11). The van der Waals surface area contributed by atoms with Crippen molar-refractivity contribution in [1.29, 1.82) is 0 Å². The first-order chi connectivity index (χ1) is 5.70. The van der Waals surface area contributed by atoms with E-state index in [1.807, 2.05) is 13.8 Å². The molecule has 1 N–H and O–H groups in total. The molecule has 0 aliphatic carbocycles. The van der Waals surface area contributed by atoms with Crippen molar-refractivity contribution in [1.82, 2.24) is 15.4 Å². The zero-order valence-corrected chi connectivity index (χ0v) is 7.53. The first-order valence-electron chi connectivity index (χ1n) is 3.51. The van der Waals surface area contributed by atoms with E-state index >= 15 is 0 Å². The third-order valence-electron chi connectivity index (χ3n) is 1.89. The highest BCUT2D eigenvalue weighted by atomic mass is 32.1. The van der Waals surface area contributed by atoms with Crippen LogP contribution in [0.3, 0.4) is 0 Å². The van der Waals surface area contributed by atoms with Gasteiger partial charge < -0.3 is 0 Å². The van der Waals surface area contributed by atoms with Crippen molar-refractivity contribution >= 4 is 21.6 Å². The lowest BCUT2D eigenvalue weighted by Gasteiger charge is -1.86. The predicted octanol–water partition coefficient (Wildman–Crippen LogP) is 0.996. The maximum atomic E-state index is 11.3. The number of nitrogens with zero attached hydrogens (tertiary/aromatic N) is 2. The van der Waals surface area contributed by atoms with Gasteiger partial charge in [0, 0.05) is 4.88 Å². The van der Waals surface area contributed by atoms with Crippen LogP contribution in [0, 0.1) is 13.8 Å². The van der Waals surface area contributed by atoms with Gasteiger partial charge in [0.15, 0.2) is 4.83 Å². The van der Waals surface area contributed by atoms with Crippen molar-refractivity contribution in [3.63, 3.8) is 0 Å². The zero-order valence-electron chi connectivity index (χ0n) is 6.71. The molecule has 0 atom stereocenters. The van der Waals surface area contributed by atoms with E-state index < -0.39 is 0 Å². The lowest BCUT2D eigenvalue weighted by molar-refractivity contribution is 0.876. The topological polar surface area (TPSA) is 58.6 Å². The monoisotopic (exact) mass is 181 g/mol. The number of aromatic amines is 1. The summed E-state index contributed by atoms with van der Waals surface area (Å²) in [6.07, 6.45) is 0. The summed E-state index contributed by atoms with van der Waals surface area (Å²) in [6, 6.07) is 0. The van der Waals surface area contributed by atoms with Gasteiger partial charge in [0.2, 0.25) is 0 Å². The molecular formula is C7H7N3OS. The van der Waals surface area contributed by atoms with Gasteiger partial charge in [-0.15, -0.1) is 16.4 Å². The molecule has 0 fully saturated rings. The molecule has 5 heteroatoms. The fourth-order valence-corrected chi connectivity index (χ4v) is 2.09. The highest BCUT2D eigenvalue weighted by Crippen LogP contribution is 2.24. The number of hydrogen-bond acceptors (Lipinski definition) is 4. The van der Waals surface area contributed by atoms with Crippen molar-refractivity contribution < 1.29 is 0 Å². The van der Waals surface area contributed by atoms with E-state index in [2.05, 4.69) is 15.4 Å². The summed E-state index contributed by atoms with van der Waals surface area (Å²) in [5.41, 5.74) is 0.855. The van der Waals surface area contributed by atoms with Crippen LogP contribution in [-0.2, 0) is 0 Å². The summed E-state index contributed by atoms with van der Waals surface area (Å²) in [7, 11) is 0. The van der Waals surface area contributed by atoms with E-state index in [9.17, 15) is 4.79 Å². The first-order valence-corrected chi connectivity index (χ1v) is 4.33. The number of aryl methyl sites for hydroxylation is 2. The number of thiophene rings is 1. The van der Waals surface area contributed by atoms with Gasteiger partial charge in [0.1, 0.15) is 0 Å². The van der Waals surface area contributed by atoms with Crippen LogP contribution >= 0.6 is 11.3 Å². The molecular weight excluding hydrogens is 174 g/mol. The van der Waals surface area contributed by atoms with Crippen molar-refractivity contribution in [2.45, 2.75) is 13.8 Å². The largest absolute Gasteiger partial charge is 0.276 e. The quantitative estimate of drug-likeness (QED) is 0.659. The second kappa shape index (κ2) is 2.38. The average Bonchev–Trinajstić information content (AvgIpc) is 2.29. The van der Waals surface area contributed by atoms with E-state index in [1.165, 1.54) is 11.3 Å². The smallest absolute Gasteiger partial charge is 0.267 e. The van der Waals surface area contributed by atoms with E-state index in [-0.39, 0.29) is 5.56 Å². The van der Waals surface area contributed by atoms with Gasteiger partial charge in [-0.3, -0.25) is 4.79 Å². The Bertz CT molecular complexity index is 485. The molecule has 2 heterocycles. The number of aromatic nitrogens is 3. The van der Waals surface area contributed by atoms with Crippen molar-refractivity contribution in [2.75, 3.05) is 0 Å². The minimum Gasteiger partial charge on any atom is -0.267 e. The lowest BCUT2D eigenvalue weighted by Crippen LogP contribution is -2.08. The minimum absolute atomic E-state index is 0.151. The van der Waals surface area contributed by atoms with Crippen LogP contribution in [0.4, 0.5) is 0 Å². The number of rotatable bonds is 0. The summed E-state index contributed by atoms with van der Waals surface area (Å²) in [6.45, 7) is 3.90. The summed E-state index contributed by atoms with van der Waals surface area (Å²) >= 11 is 1.50. The first kappa shape index (κ1) is 7.42. The Kier molecular flexibility index (Phi) is 1.47. The van der Waals surface area contributed by atoms with E-state index in [4.69, 9.17) is 0 Å². The Morgan fingerprint density at radius 3 is 2.83 bits per heavy atom. The maximum absolute atomic E-state index is 11.3. The molecule has 0 bridgehead atoms. The van der Waals surface area contributed by atoms with Crippen LogP contribution in [0.5, 0.6) is 0 Å². The fourth-order valence-electron chi connectivity index (χ4n) is 1.12. The number of hydrogen-bond donors (Lipinski definition) is 1. The molecule has 0 aliphatic heterocycles. The van der Waals surface area contributed by atoms with Crippen molar-refractivity contribution in [2.24, 2.45) is 0 Å². The average molecular weight is 181 g/mol. The van der Waals surface area contributed by atoms with Gasteiger partial charge in [-0.2, -0.15) is 0 Å². The van der Waals surface area contributed by atoms with E-state index in [0.717, 1.165) is 10.4 Å². The van der Waals surface area contributed by atoms with Crippen LogP contribution in [0.2, 0.25) is 0 Å². The van der Waals surface area contributed by atoms with Crippen LogP contribution in [-0.4, -0.2) is 15.4 Å². The van der Waals surface area contributed by atoms with Crippen LogP contribution in [0.25, 0.3) is 10.2 Å². The van der Waals surface area contributed by atoms with Gasteiger partial charge in [0.05, 0.1) is 5.39 Å². The Morgan fingerprint density at radius 1 is 1.42 bits per heavy atom. The van der Waals surface area contributed by atoms with Gasteiger partial charge >= 0.3 is 0 Å². The third kappa shape index (κ3) is 0.863. The Morgan fingerprint density at radius 2 is 2.17 bits per heavy atom. The summed E-state index contributed by atoms with van der Waals surface area (Å²) in [5, 5.41) is 10.3. The predicted molar refractivity (Wildman–Crippen MR) is 47.5 cm³/mol. The summed E-state index contributed by atoms with van der Waals surface area (Å²) in [4.78, 5) is 13.1. The molecule has 0 aromatic carbocycles. The molecule has 62 valence electrons. The van der Waals surface area contributed by atoms with Gasteiger partial charge in [-0.25, -0.2) is 5.10 Å². The van der Waals surface area contributed by atoms with Crippen molar-refractivity contribution in [3.8, 4) is 0 Å². The Labute approximate surface area is 72.2 Å². The van der Waals surface area contributed by atoms with Crippen molar-refractivity contribution in [3.05, 3.63) is 20.8 Å². The minimum atomic E-state index is -0.151. The molecule has 0 unspecified atom stereocenters. The van der Waals surface area contributed by atoms with Crippen LogP contribution < -0.4 is 5.56 Å². The lowest BCUT2D eigenvalue weighted by atomic mass is 10.2. The molecule has 0 saturated carbocycles. The Hall–Kier alpha value is -1.23. The highest BCUT2D eigenvalue weighted by molar-refractivity contribution is 7.18. The fraction of sp³-hybridized carbons (Fsp3) is 0.286. The maximum Gasteiger partial charge on any atom is 0.276 e. The zero-order chi connectivity index (χ0) is 8.72. The Balaban J connectivity index is 3.07. The molecule has 4 nitrogen and oxygen atoms in total. The molecule has 0 saturated heterocycles. The second-order valence-electron chi connectivity index (χ2n) is 2.60. The molecule has 12 heavy (non-hydrogen) atoms. The van der Waals surface area contributed by atoms with Gasteiger partial charge in [-0.1, -0.05) is 5.21 Å². The van der Waals surface area contributed by atoms with E-state index in [1.54, 1.807) is 0 Å². The molecule has 0 spiro atoms. The summed E-state index contributed by atoms with van der Waals surface area (Å²) in [5.74, 6) is 0.